The number of urea groups is 1. The number of imide groups is 1. The van der Waals surface area contributed by atoms with Gasteiger partial charge in [0.25, 0.3) is 5.91 Å². The van der Waals surface area contributed by atoms with E-state index in [1.807, 2.05) is 13.8 Å². The molecule has 6 nitrogen and oxygen atoms in total. The number of fused-ring (bicyclic) bond motifs is 1. The Morgan fingerprint density at radius 2 is 1.95 bits per heavy atom. The molecule has 2 fully saturated rings. The van der Waals surface area contributed by atoms with E-state index in [2.05, 4.69) is 0 Å². The Kier molecular flexibility index (Phi) is 4.62. The van der Waals surface area contributed by atoms with E-state index < -0.39 is 0 Å². The third kappa shape index (κ3) is 2.64. The van der Waals surface area contributed by atoms with Crippen LogP contribution < -0.4 is 0 Å². The molecule has 0 bridgehead atoms. The summed E-state index contributed by atoms with van der Waals surface area (Å²) in [6.07, 6.45) is 2.93. The van der Waals surface area contributed by atoms with Crippen LogP contribution in [0.3, 0.4) is 0 Å². The van der Waals surface area contributed by atoms with E-state index in [-0.39, 0.29) is 36.9 Å². The predicted molar refractivity (Wildman–Crippen MR) is 74.0 cm³/mol. The number of hydrogen-bond acceptors (Lipinski definition) is 3. The van der Waals surface area contributed by atoms with Gasteiger partial charge in [-0.2, -0.15) is 0 Å². The summed E-state index contributed by atoms with van der Waals surface area (Å²) < 4.78 is 0. The van der Waals surface area contributed by atoms with Crippen LogP contribution in [0, 0.1) is 0 Å². The van der Waals surface area contributed by atoms with Crippen LogP contribution in [0.5, 0.6) is 0 Å². The van der Waals surface area contributed by atoms with E-state index in [9.17, 15) is 14.4 Å². The Morgan fingerprint density at radius 3 is 2.55 bits per heavy atom. The van der Waals surface area contributed by atoms with Gasteiger partial charge in [-0.25, -0.2) is 4.79 Å². The average Bonchev–Trinajstić information content (AvgIpc) is 2.71. The molecule has 0 aromatic carbocycles. The second-order valence-electron chi connectivity index (χ2n) is 5.29. The number of amides is 4. The third-order valence-corrected chi connectivity index (χ3v) is 4.20. The summed E-state index contributed by atoms with van der Waals surface area (Å²) in [7, 11) is 0. The molecule has 0 aliphatic carbocycles. The number of rotatable bonds is 5. The van der Waals surface area contributed by atoms with Gasteiger partial charge in [-0.1, -0.05) is 0 Å². The lowest BCUT2D eigenvalue weighted by Gasteiger charge is -2.26. The van der Waals surface area contributed by atoms with Crippen LogP contribution >= 0.6 is 0 Å². The van der Waals surface area contributed by atoms with Crippen molar-refractivity contribution >= 4 is 17.8 Å². The molecular weight excluding hydrogens is 258 g/mol. The highest BCUT2D eigenvalue weighted by Gasteiger charge is 2.45. The van der Waals surface area contributed by atoms with Crippen LogP contribution in [0.4, 0.5) is 4.79 Å². The van der Waals surface area contributed by atoms with Gasteiger partial charge in [0.05, 0.1) is 0 Å². The summed E-state index contributed by atoms with van der Waals surface area (Å²) in [5, 5.41) is 0. The van der Waals surface area contributed by atoms with Crippen LogP contribution in [-0.2, 0) is 9.59 Å². The number of piperidine rings is 1. The summed E-state index contributed by atoms with van der Waals surface area (Å²) >= 11 is 0. The molecule has 0 saturated carbocycles. The highest BCUT2D eigenvalue weighted by Crippen LogP contribution is 2.26. The Labute approximate surface area is 119 Å². The van der Waals surface area contributed by atoms with Crippen LogP contribution in [0.15, 0.2) is 0 Å². The number of hydrogen-bond donors (Lipinski definition) is 0. The molecule has 0 spiro atoms. The molecule has 4 amide bonds. The van der Waals surface area contributed by atoms with Crippen molar-refractivity contribution in [1.82, 2.24) is 14.7 Å². The molecule has 0 aromatic heterocycles. The van der Waals surface area contributed by atoms with Gasteiger partial charge in [0.2, 0.25) is 5.91 Å². The molecule has 2 aliphatic rings. The smallest absolute Gasteiger partial charge is 0.327 e. The normalized spacial score (nSPS) is 22.2. The highest BCUT2D eigenvalue weighted by molar-refractivity contribution is 6.04. The molecule has 2 heterocycles. The van der Waals surface area contributed by atoms with Gasteiger partial charge >= 0.3 is 6.03 Å². The van der Waals surface area contributed by atoms with Crippen molar-refractivity contribution in [1.29, 1.82) is 0 Å². The van der Waals surface area contributed by atoms with Crippen molar-refractivity contribution in [2.75, 3.05) is 26.2 Å². The minimum atomic E-state index is -0.278. The quantitative estimate of drug-likeness (QED) is 0.708. The molecule has 112 valence electrons. The standard InChI is InChI=1S/C14H23N3O3/c1-3-15(4-2)12(18)8-10-17-13(19)11-7-5-6-9-16(11)14(17)20/h11H,3-10H2,1-2H3. The number of carbonyl (C=O) groups is 3. The zero-order chi connectivity index (χ0) is 14.7. The Bertz CT molecular complexity index is 382. The summed E-state index contributed by atoms with van der Waals surface area (Å²) in [6.45, 7) is 6.04. The van der Waals surface area contributed by atoms with Gasteiger partial charge in [-0.05, 0) is 33.1 Å². The summed E-state index contributed by atoms with van der Waals surface area (Å²) in [5.74, 6) is -0.123. The lowest BCUT2D eigenvalue weighted by Crippen LogP contribution is -2.39. The first kappa shape index (κ1) is 14.8. The van der Waals surface area contributed by atoms with Gasteiger partial charge in [-0.15, -0.1) is 0 Å². The molecule has 2 rings (SSSR count). The lowest BCUT2D eigenvalue weighted by molar-refractivity contribution is -0.132. The van der Waals surface area contributed by atoms with Gasteiger partial charge in [0, 0.05) is 32.6 Å². The minimum Gasteiger partial charge on any atom is -0.343 e. The fraction of sp³-hybridized carbons (Fsp3) is 0.786. The maximum atomic E-state index is 12.2. The Balaban J connectivity index is 1.94. The zero-order valence-electron chi connectivity index (χ0n) is 12.3. The van der Waals surface area contributed by atoms with E-state index in [1.54, 1.807) is 9.80 Å². The van der Waals surface area contributed by atoms with Crippen molar-refractivity contribution in [3.8, 4) is 0 Å². The minimum absolute atomic E-state index is 0.000437. The zero-order valence-corrected chi connectivity index (χ0v) is 12.3. The maximum absolute atomic E-state index is 12.2. The van der Waals surface area contributed by atoms with E-state index in [4.69, 9.17) is 0 Å². The largest absolute Gasteiger partial charge is 0.343 e. The summed E-state index contributed by atoms with van der Waals surface area (Å²) in [5.41, 5.74) is 0. The fourth-order valence-electron chi connectivity index (χ4n) is 2.99. The van der Waals surface area contributed by atoms with Gasteiger partial charge in [0.15, 0.2) is 0 Å². The van der Waals surface area contributed by atoms with Crippen molar-refractivity contribution in [2.24, 2.45) is 0 Å². The molecule has 0 aromatic rings. The van der Waals surface area contributed by atoms with Crippen molar-refractivity contribution in [2.45, 2.75) is 45.6 Å². The molecule has 6 heteroatoms. The monoisotopic (exact) mass is 281 g/mol. The second kappa shape index (κ2) is 6.24. The van der Waals surface area contributed by atoms with E-state index >= 15 is 0 Å². The number of carbonyl (C=O) groups excluding carboxylic acids is 3. The first-order chi connectivity index (χ1) is 9.60. The van der Waals surface area contributed by atoms with Crippen molar-refractivity contribution in [3.05, 3.63) is 0 Å². The molecule has 20 heavy (non-hydrogen) atoms. The van der Waals surface area contributed by atoms with E-state index in [1.165, 1.54) is 4.90 Å². The van der Waals surface area contributed by atoms with Crippen LogP contribution in [0.1, 0.15) is 39.5 Å². The first-order valence-electron chi connectivity index (χ1n) is 7.49. The molecule has 2 aliphatic heterocycles. The third-order valence-electron chi connectivity index (χ3n) is 4.20. The maximum Gasteiger partial charge on any atom is 0.327 e. The molecular formula is C14H23N3O3. The highest BCUT2D eigenvalue weighted by atomic mass is 16.2. The van der Waals surface area contributed by atoms with Gasteiger partial charge in [-0.3, -0.25) is 14.5 Å². The van der Waals surface area contributed by atoms with E-state index in [0.717, 1.165) is 19.3 Å². The van der Waals surface area contributed by atoms with Gasteiger partial charge in [0.1, 0.15) is 6.04 Å². The number of nitrogens with zero attached hydrogens (tertiary/aromatic N) is 3. The predicted octanol–water partition coefficient (Wildman–Crippen LogP) is 1.06. The van der Waals surface area contributed by atoms with E-state index in [0.29, 0.717) is 19.6 Å². The molecule has 1 atom stereocenters. The van der Waals surface area contributed by atoms with Gasteiger partial charge < -0.3 is 9.80 Å². The summed E-state index contributed by atoms with van der Waals surface area (Å²) in [4.78, 5) is 41.0. The SMILES string of the molecule is CCN(CC)C(=O)CCN1C(=O)C2CCCCN2C1=O. The Hall–Kier alpha value is -1.59. The average molecular weight is 281 g/mol. The first-order valence-corrected chi connectivity index (χ1v) is 7.49. The molecule has 0 N–H and O–H groups in total. The molecule has 0 radical (unpaired) electrons. The van der Waals surface area contributed by atoms with Crippen molar-refractivity contribution < 1.29 is 14.4 Å². The molecule has 2 saturated heterocycles. The molecule has 1 unspecified atom stereocenters. The topological polar surface area (TPSA) is 60.9 Å². The van der Waals surface area contributed by atoms with Crippen LogP contribution in [0.25, 0.3) is 0 Å². The Morgan fingerprint density at radius 1 is 1.25 bits per heavy atom. The van der Waals surface area contributed by atoms with Crippen LogP contribution in [-0.4, -0.2) is 64.8 Å². The second-order valence-corrected chi connectivity index (χ2v) is 5.29. The lowest BCUT2D eigenvalue weighted by atomic mass is 10.0. The fourth-order valence-corrected chi connectivity index (χ4v) is 2.99. The van der Waals surface area contributed by atoms with Crippen molar-refractivity contribution in [3.63, 3.8) is 0 Å². The van der Waals surface area contributed by atoms with Crippen LogP contribution in [0.2, 0.25) is 0 Å². The summed E-state index contributed by atoms with van der Waals surface area (Å²) in [6, 6.07) is -0.494.